The van der Waals surface area contributed by atoms with Gasteiger partial charge in [0.2, 0.25) is 0 Å². The zero-order valence-electron chi connectivity index (χ0n) is 9.78. The monoisotopic (exact) mass is 258 g/mol. The minimum Gasteiger partial charge on any atom is -0.394 e. The van der Waals surface area contributed by atoms with Crippen molar-refractivity contribution < 1.29 is 14.2 Å². The lowest BCUT2D eigenvalue weighted by atomic mass is 10.1. The summed E-state index contributed by atoms with van der Waals surface area (Å²) >= 11 is 0. The van der Waals surface area contributed by atoms with E-state index in [1.165, 1.54) is 12.3 Å². The molecule has 1 unspecified atom stereocenters. The van der Waals surface area contributed by atoms with Crippen molar-refractivity contribution in [3.05, 3.63) is 22.7 Å². The second kappa shape index (κ2) is 5.01. The van der Waals surface area contributed by atoms with Crippen molar-refractivity contribution in [1.82, 2.24) is 14.9 Å². The lowest BCUT2D eigenvalue weighted by Crippen LogP contribution is -2.42. The molecule has 1 saturated heterocycles. The van der Waals surface area contributed by atoms with Crippen LogP contribution in [0.1, 0.15) is 6.23 Å². The Labute approximate surface area is 102 Å². The average molecular weight is 258 g/mol. The zero-order chi connectivity index (χ0) is 13.3. The Morgan fingerprint density at radius 1 is 1.72 bits per heavy atom. The third-order valence-electron chi connectivity index (χ3n) is 2.97. The predicted molar refractivity (Wildman–Crippen MR) is 61.6 cm³/mol. The van der Waals surface area contributed by atoms with Crippen molar-refractivity contribution in [3.63, 3.8) is 0 Å². The number of likely N-dealkylation sites (N-methyl/N-ethyl adjacent to an activating group) is 1. The summed E-state index contributed by atoms with van der Waals surface area (Å²) in [7, 11) is 1.57. The van der Waals surface area contributed by atoms with Crippen LogP contribution in [0.5, 0.6) is 0 Å². The number of ether oxygens (including phenoxy) is 1. The molecular formula is C10H15FN4O3. The van der Waals surface area contributed by atoms with Crippen molar-refractivity contribution in [2.75, 3.05) is 19.4 Å². The van der Waals surface area contributed by atoms with Gasteiger partial charge in [-0.15, -0.1) is 0 Å². The van der Waals surface area contributed by atoms with Crippen molar-refractivity contribution in [2.45, 2.75) is 24.5 Å². The number of aliphatic hydroxyl groups is 1. The zero-order valence-corrected chi connectivity index (χ0v) is 9.78. The highest BCUT2D eigenvalue weighted by atomic mass is 19.1. The number of aliphatic hydroxyl groups excluding tert-OH is 1. The fraction of sp³-hybridized carbons (Fsp3) is 0.600. The van der Waals surface area contributed by atoms with Gasteiger partial charge in [-0.3, -0.25) is 4.57 Å². The van der Waals surface area contributed by atoms with Crippen LogP contribution in [0.3, 0.4) is 0 Å². The molecule has 4 N–H and O–H groups in total. The number of hydrogen-bond donors (Lipinski definition) is 3. The van der Waals surface area contributed by atoms with Crippen molar-refractivity contribution in [2.24, 2.45) is 0 Å². The van der Waals surface area contributed by atoms with Gasteiger partial charge in [0, 0.05) is 6.20 Å². The molecule has 2 heterocycles. The van der Waals surface area contributed by atoms with Gasteiger partial charge in [0.05, 0.1) is 12.6 Å². The van der Waals surface area contributed by atoms with Crippen LogP contribution in [-0.2, 0) is 4.74 Å². The molecule has 7 nitrogen and oxygen atoms in total. The molecule has 18 heavy (non-hydrogen) atoms. The molecule has 0 radical (unpaired) electrons. The Hall–Kier alpha value is -1.51. The Morgan fingerprint density at radius 2 is 2.44 bits per heavy atom. The van der Waals surface area contributed by atoms with Crippen LogP contribution < -0.4 is 16.7 Å². The van der Waals surface area contributed by atoms with E-state index in [1.807, 2.05) is 0 Å². The molecule has 0 saturated carbocycles. The highest BCUT2D eigenvalue weighted by molar-refractivity contribution is 5.23. The lowest BCUT2D eigenvalue weighted by molar-refractivity contribution is -0.0407. The number of rotatable bonds is 3. The summed E-state index contributed by atoms with van der Waals surface area (Å²) in [6, 6.07) is 0.711. The third kappa shape index (κ3) is 2.09. The Morgan fingerprint density at radius 3 is 2.94 bits per heavy atom. The second-order valence-electron chi connectivity index (χ2n) is 4.05. The van der Waals surface area contributed by atoms with Crippen LogP contribution in [0.2, 0.25) is 0 Å². The number of nitrogens with one attached hydrogen (secondary N) is 1. The first-order chi connectivity index (χ1) is 8.58. The van der Waals surface area contributed by atoms with Gasteiger partial charge in [-0.2, -0.15) is 4.98 Å². The smallest absolute Gasteiger partial charge is 0.351 e. The van der Waals surface area contributed by atoms with Crippen LogP contribution >= 0.6 is 0 Å². The van der Waals surface area contributed by atoms with Gasteiger partial charge in [-0.05, 0) is 13.1 Å². The van der Waals surface area contributed by atoms with E-state index >= 15 is 0 Å². The summed E-state index contributed by atoms with van der Waals surface area (Å²) in [5.74, 6) is 0.0635. The summed E-state index contributed by atoms with van der Waals surface area (Å²) < 4.78 is 20.5. The molecule has 0 amide bonds. The van der Waals surface area contributed by atoms with Crippen molar-refractivity contribution in [1.29, 1.82) is 0 Å². The summed E-state index contributed by atoms with van der Waals surface area (Å²) in [6.07, 6.45) is -1.95. The molecule has 2 rings (SSSR count). The standard InChI is InChI=1S/C10H15FN4O3/c1-13-8-5(4-16)18-9(7(8)11)15-3-2-6(12)14-10(15)17/h2-3,5,7-9,13,16H,4H2,1H3,(H2,12,14,17)/t5-,7+,8-,9?/m1/s1. The molecule has 1 aromatic heterocycles. The number of hydrogen-bond acceptors (Lipinski definition) is 6. The van der Waals surface area contributed by atoms with E-state index in [4.69, 9.17) is 15.6 Å². The fourth-order valence-electron chi connectivity index (χ4n) is 2.06. The van der Waals surface area contributed by atoms with Crippen LogP contribution in [0, 0.1) is 0 Å². The van der Waals surface area contributed by atoms with Gasteiger partial charge in [0.15, 0.2) is 12.4 Å². The lowest BCUT2D eigenvalue weighted by Gasteiger charge is -2.16. The van der Waals surface area contributed by atoms with Crippen LogP contribution in [0.25, 0.3) is 0 Å². The minimum atomic E-state index is -1.46. The summed E-state index contributed by atoms with van der Waals surface area (Å²) in [6.45, 7) is -0.334. The molecule has 0 spiro atoms. The van der Waals surface area contributed by atoms with Gasteiger partial charge in [0.25, 0.3) is 0 Å². The Balaban J connectivity index is 2.32. The maximum Gasteiger partial charge on any atom is 0.351 e. The molecule has 100 valence electrons. The number of nitrogen functional groups attached to an aromatic ring is 1. The third-order valence-corrected chi connectivity index (χ3v) is 2.97. The molecule has 8 heteroatoms. The number of aromatic nitrogens is 2. The number of anilines is 1. The normalized spacial score (nSPS) is 31.7. The first kappa shape index (κ1) is 12.9. The quantitative estimate of drug-likeness (QED) is 0.619. The van der Waals surface area contributed by atoms with E-state index in [0.29, 0.717) is 0 Å². The fourth-order valence-corrected chi connectivity index (χ4v) is 2.06. The predicted octanol–water partition coefficient (Wildman–Crippen LogP) is -1.36. The molecule has 1 aliphatic heterocycles. The van der Waals surface area contributed by atoms with Crippen molar-refractivity contribution in [3.8, 4) is 0 Å². The van der Waals surface area contributed by atoms with Crippen molar-refractivity contribution >= 4 is 5.82 Å². The van der Waals surface area contributed by atoms with Gasteiger partial charge in [0.1, 0.15) is 11.9 Å². The Bertz CT molecular complexity index is 480. The van der Waals surface area contributed by atoms with Crippen LogP contribution in [0.4, 0.5) is 10.2 Å². The molecule has 0 bridgehead atoms. The molecule has 1 fully saturated rings. The van der Waals surface area contributed by atoms with Crippen LogP contribution in [-0.4, -0.2) is 46.6 Å². The van der Waals surface area contributed by atoms with Gasteiger partial charge in [-0.1, -0.05) is 0 Å². The highest BCUT2D eigenvalue weighted by Gasteiger charge is 2.45. The van der Waals surface area contributed by atoms with E-state index in [-0.39, 0.29) is 12.4 Å². The first-order valence-corrected chi connectivity index (χ1v) is 5.50. The maximum atomic E-state index is 14.1. The summed E-state index contributed by atoms with van der Waals surface area (Å²) in [5, 5.41) is 11.8. The molecule has 4 atom stereocenters. The largest absolute Gasteiger partial charge is 0.394 e. The van der Waals surface area contributed by atoms with Crippen LogP contribution in [0.15, 0.2) is 17.1 Å². The van der Waals surface area contributed by atoms with Gasteiger partial charge in [-0.25, -0.2) is 9.18 Å². The topological polar surface area (TPSA) is 102 Å². The van der Waals surface area contributed by atoms with Gasteiger partial charge < -0.3 is 20.9 Å². The minimum absolute atomic E-state index is 0.0635. The van der Waals surface area contributed by atoms with E-state index in [9.17, 15) is 9.18 Å². The summed E-state index contributed by atoms with van der Waals surface area (Å²) in [5.41, 5.74) is 4.67. The SMILES string of the molecule is CN[C@H]1[C@H](F)C(n2ccc(N)nc2=O)O[C@@H]1CO. The van der Waals surface area contributed by atoms with E-state index in [1.54, 1.807) is 7.05 Å². The van der Waals surface area contributed by atoms with E-state index < -0.39 is 30.2 Å². The van der Waals surface area contributed by atoms with E-state index in [2.05, 4.69) is 10.3 Å². The molecule has 1 aromatic rings. The average Bonchev–Trinajstić information content (AvgIpc) is 2.66. The highest BCUT2D eigenvalue weighted by Crippen LogP contribution is 2.30. The maximum absolute atomic E-state index is 14.1. The number of nitrogens with two attached hydrogens (primary N) is 1. The summed E-state index contributed by atoms with van der Waals surface area (Å²) in [4.78, 5) is 15.1. The number of nitrogens with zero attached hydrogens (tertiary/aromatic N) is 2. The molecule has 1 aliphatic rings. The molecule has 0 aromatic carbocycles. The first-order valence-electron chi connectivity index (χ1n) is 5.50. The Kier molecular flexibility index (Phi) is 3.60. The molecule has 0 aliphatic carbocycles. The molecular weight excluding hydrogens is 243 g/mol. The van der Waals surface area contributed by atoms with Gasteiger partial charge >= 0.3 is 5.69 Å². The second-order valence-corrected chi connectivity index (χ2v) is 4.05. The number of halogens is 1. The number of alkyl halides is 1. The van der Waals surface area contributed by atoms with E-state index in [0.717, 1.165) is 4.57 Å².